The van der Waals surface area contributed by atoms with Gasteiger partial charge in [-0.1, -0.05) is 37.6 Å². The van der Waals surface area contributed by atoms with E-state index >= 15 is 0 Å². The number of hydrogen-bond donors (Lipinski definition) is 1. The zero-order chi connectivity index (χ0) is 16.2. The molecule has 0 aliphatic carbocycles. The van der Waals surface area contributed by atoms with Gasteiger partial charge in [-0.15, -0.1) is 11.3 Å². The van der Waals surface area contributed by atoms with Crippen molar-refractivity contribution in [2.24, 2.45) is 0 Å². The molecule has 1 aliphatic rings. The molecule has 122 valence electrons. The summed E-state index contributed by atoms with van der Waals surface area (Å²) >= 11 is 1.63. The van der Waals surface area contributed by atoms with Gasteiger partial charge in [0.15, 0.2) is 0 Å². The highest BCUT2D eigenvalue weighted by Crippen LogP contribution is 2.26. The number of benzene rings is 1. The van der Waals surface area contributed by atoms with Gasteiger partial charge in [-0.2, -0.15) is 0 Å². The normalized spacial score (nSPS) is 18.9. The highest BCUT2D eigenvalue weighted by molar-refractivity contribution is 7.13. The summed E-state index contributed by atoms with van der Waals surface area (Å²) in [5.74, 6) is -0.713. The predicted octanol–water partition coefficient (Wildman–Crippen LogP) is 3.81. The zero-order valence-electron chi connectivity index (χ0n) is 13.4. The maximum Gasteiger partial charge on any atom is 0.320 e. The number of aromatic nitrogens is 1. The summed E-state index contributed by atoms with van der Waals surface area (Å²) in [7, 11) is 0. The molecule has 2 heterocycles. The first-order valence-electron chi connectivity index (χ1n) is 8.18. The number of thiazole rings is 1. The van der Waals surface area contributed by atoms with E-state index in [9.17, 15) is 9.90 Å². The van der Waals surface area contributed by atoms with Crippen LogP contribution in [0.25, 0.3) is 10.6 Å². The molecular formula is C18H22N2O2S. The van der Waals surface area contributed by atoms with E-state index in [1.54, 1.807) is 11.3 Å². The second kappa shape index (κ2) is 7.23. The summed E-state index contributed by atoms with van der Waals surface area (Å²) in [5, 5.41) is 12.4. The summed E-state index contributed by atoms with van der Waals surface area (Å²) in [6.07, 6.45) is 3.85. The quantitative estimate of drug-likeness (QED) is 0.906. The highest BCUT2D eigenvalue weighted by Gasteiger charge is 2.28. The topological polar surface area (TPSA) is 53.4 Å². The second-order valence-corrected chi connectivity index (χ2v) is 6.87. The van der Waals surface area contributed by atoms with Gasteiger partial charge in [-0.05, 0) is 31.4 Å². The molecule has 0 radical (unpaired) electrons. The Kier molecular flexibility index (Phi) is 5.08. The van der Waals surface area contributed by atoms with Crippen molar-refractivity contribution in [3.05, 3.63) is 40.9 Å². The maximum atomic E-state index is 11.4. The Morgan fingerprint density at radius 2 is 2.13 bits per heavy atom. The number of aryl methyl sites for hydroxylation is 1. The van der Waals surface area contributed by atoms with Gasteiger partial charge in [0.25, 0.3) is 0 Å². The summed E-state index contributed by atoms with van der Waals surface area (Å²) in [4.78, 5) is 18.1. The number of nitrogens with zero attached hydrogens (tertiary/aromatic N) is 2. The molecule has 0 saturated carbocycles. The minimum atomic E-state index is -0.713. The van der Waals surface area contributed by atoms with Crippen molar-refractivity contribution in [2.75, 3.05) is 6.54 Å². The van der Waals surface area contributed by atoms with E-state index in [0.717, 1.165) is 48.5 Å². The van der Waals surface area contributed by atoms with Crippen LogP contribution in [-0.2, 0) is 17.8 Å². The fraction of sp³-hybridized carbons (Fsp3) is 0.444. The smallest absolute Gasteiger partial charge is 0.320 e. The lowest BCUT2D eigenvalue weighted by atomic mass is 10.0. The van der Waals surface area contributed by atoms with Crippen molar-refractivity contribution in [1.82, 2.24) is 9.88 Å². The Labute approximate surface area is 140 Å². The van der Waals surface area contributed by atoms with Crippen LogP contribution in [0.4, 0.5) is 0 Å². The van der Waals surface area contributed by atoms with E-state index in [-0.39, 0.29) is 6.04 Å². The molecule has 1 atom stereocenters. The summed E-state index contributed by atoms with van der Waals surface area (Å²) in [6, 6.07) is 8.14. The minimum Gasteiger partial charge on any atom is -0.480 e. The molecule has 2 aromatic rings. The molecular weight excluding hydrogens is 308 g/mol. The number of rotatable bonds is 5. The molecule has 0 bridgehead atoms. The van der Waals surface area contributed by atoms with E-state index in [0.29, 0.717) is 6.54 Å². The molecule has 1 unspecified atom stereocenters. The van der Waals surface area contributed by atoms with Crippen molar-refractivity contribution in [2.45, 2.75) is 45.2 Å². The van der Waals surface area contributed by atoms with Crippen molar-refractivity contribution in [1.29, 1.82) is 0 Å². The SMILES string of the molecule is CCc1ccc(-c2nc(CN3CCCCC3C(=O)O)cs2)cc1. The van der Waals surface area contributed by atoms with E-state index in [2.05, 4.69) is 36.6 Å². The van der Waals surface area contributed by atoms with Gasteiger partial charge in [-0.25, -0.2) is 4.98 Å². The monoisotopic (exact) mass is 330 g/mol. The molecule has 23 heavy (non-hydrogen) atoms. The molecule has 1 N–H and O–H groups in total. The van der Waals surface area contributed by atoms with Crippen molar-refractivity contribution in [3.63, 3.8) is 0 Å². The average Bonchev–Trinajstić information content (AvgIpc) is 3.04. The Balaban J connectivity index is 1.72. The number of hydrogen-bond acceptors (Lipinski definition) is 4. The molecule has 1 aromatic heterocycles. The van der Waals surface area contributed by atoms with Gasteiger partial charge in [0, 0.05) is 17.5 Å². The fourth-order valence-electron chi connectivity index (χ4n) is 3.06. The van der Waals surface area contributed by atoms with Crippen LogP contribution in [0.1, 0.15) is 37.4 Å². The van der Waals surface area contributed by atoms with Crippen LogP contribution < -0.4 is 0 Å². The van der Waals surface area contributed by atoms with Gasteiger partial charge in [0.2, 0.25) is 0 Å². The van der Waals surface area contributed by atoms with E-state index in [1.165, 1.54) is 5.56 Å². The summed E-state index contributed by atoms with van der Waals surface area (Å²) < 4.78 is 0. The molecule has 1 fully saturated rings. The van der Waals surface area contributed by atoms with Crippen LogP contribution in [0.3, 0.4) is 0 Å². The van der Waals surface area contributed by atoms with E-state index < -0.39 is 5.97 Å². The molecule has 3 rings (SSSR count). The standard InChI is InChI=1S/C18H22N2O2S/c1-2-13-6-8-14(9-7-13)17-19-15(12-23-17)11-20-10-4-3-5-16(20)18(21)22/h6-9,12,16H,2-5,10-11H2,1H3,(H,21,22). The van der Waals surface area contributed by atoms with Gasteiger partial charge in [0.1, 0.15) is 11.0 Å². The predicted molar refractivity (Wildman–Crippen MR) is 92.6 cm³/mol. The Hall–Kier alpha value is -1.72. The summed E-state index contributed by atoms with van der Waals surface area (Å²) in [5.41, 5.74) is 3.42. The molecule has 1 saturated heterocycles. The van der Waals surface area contributed by atoms with E-state index in [1.807, 2.05) is 4.90 Å². The lowest BCUT2D eigenvalue weighted by Gasteiger charge is -2.32. The minimum absolute atomic E-state index is 0.363. The molecule has 1 aliphatic heterocycles. The average molecular weight is 330 g/mol. The lowest BCUT2D eigenvalue weighted by Crippen LogP contribution is -2.44. The van der Waals surface area contributed by atoms with Gasteiger partial charge >= 0.3 is 5.97 Å². The number of likely N-dealkylation sites (tertiary alicyclic amines) is 1. The van der Waals surface area contributed by atoms with Crippen LogP contribution in [-0.4, -0.2) is 33.5 Å². The Morgan fingerprint density at radius 3 is 2.83 bits per heavy atom. The van der Waals surface area contributed by atoms with Gasteiger partial charge in [0.05, 0.1) is 5.69 Å². The van der Waals surface area contributed by atoms with Gasteiger partial charge in [-0.3, -0.25) is 9.69 Å². The molecule has 0 amide bonds. The van der Waals surface area contributed by atoms with Crippen LogP contribution in [0.2, 0.25) is 0 Å². The van der Waals surface area contributed by atoms with Crippen LogP contribution in [0, 0.1) is 0 Å². The first-order chi connectivity index (χ1) is 11.2. The number of piperidine rings is 1. The van der Waals surface area contributed by atoms with Crippen molar-refractivity contribution in [3.8, 4) is 10.6 Å². The maximum absolute atomic E-state index is 11.4. The van der Waals surface area contributed by atoms with Crippen molar-refractivity contribution >= 4 is 17.3 Å². The number of carbonyl (C=O) groups is 1. The van der Waals surface area contributed by atoms with Gasteiger partial charge < -0.3 is 5.11 Å². The number of carboxylic acids is 1. The first kappa shape index (κ1) is 16.1. The van der Waals surface area contributed by atoms with E-state index in [4.69, 9.17) is 4.98 Å². The molecule has 5 heteroatoms. The second-order valence-electron chi connectivity index (χ2n) is 6.01. The third-order valence-corrected chi connectivity index (χ3v) is 5.36. The number of aliphatic carboxylic acids is 1. The molecule has 0 spiro atoms. The van der Waals surface area contributed by atoms with Crippen LogP contribution >= 0.6 is 11.3 Å². The lowest BCUT2D eigenvalue weighted by molar-refractivity contribution is -0.144. The fourth-order valence-corrected chi connectivity index (χ4v) is 3.88. The molecule has 4 nitrogen and oxygen atoms in total. The third-order valence-electron chi connectivity index (χ3n) is 4.42. The largest absolute Gasteiger partial charge is 0.480 e. The number of carboxylic acid groups (broad SMARTS) is 1. The first-order valence-corrected chi connectivity index (χ1v) is 9.06. The van der Waals surface area contributed by atoms with Crippen LogP contribution in [0.5, 0.6) is 0 Å². The molecule has 1 aromatic carbocycles. The third kappa shape index (κ3) is 3.79. The summed E-state index contributed by atoms with van der Waals surface area (Å²) in [6.45, 7) is 3.61. The van der Waals surface area contributed by atoms with Crippen LogP contribution in [0.15, 0.2) is 29.6 Å². The van der Waals surface area contributed by atoms with Crippen molar-refractivity contribution < 1.29 is 9.90 Å². The zero-order valence-corrected chi connectivity index (χ0v) is 14.2. The Morgan fingerprint density at radius 1 is 1.35 bits per heavy atom. The Bertz CT molecular complexity index is 666. The highest BCUT2D eigenvalue weighted by atomic mass is 32.1.